The minimum Gasteiger partial charge on any atom is -0.508 e. The number of rotatable bonds is 2. The molecule has 0 saturated heterocycles. The number of nitrogens with zero attached hydrogens (tertiary/aromatic N) is 1. The summed E-state index contributed by atoms with van der Waals surface area (Å²) >= 11 is 6.22. The van der Waals surface area contributed by atoms with Crippen LogP contribution in [0.3, 0.4) is 0 Å². The molecule has 3 rings (SSSR count). The Morgan fingerprint density at radius 1 is 1.23 bits per heavy atom. The van der Waals surface area contributed by atoms with Crippen LogP contribution in [0, 0.1) is 0 Å². The van der Waals surface area contributed by atoms with Crippen LogP contribution >= 0.6 is 11.6 Å². The fourth-order valence-electron chi connectivity index (χ4n) is 2.76. The van der Waals surface area contributed by atoms with Crippen molar-refractivity contribution >= 4 is 23.3 Å². The quantitative estimate of drug-likeness (QED) is 0.863. The van der Waals surface area contributed by atoms with Gasteiger partial charge in [-0.1, -0.05) is 17.7 Å². The largest absolute Gasteiger partial charge is 0.508 e. The van der Waals surface area contributed by atoms with Gasteiger partial charge in [0.2, 0.25) is 0 Å². The number of phenols is 1. The molecule has 0 radical (unpaired) electrons. The number of halogens is 1. The average Bonchev–Trinajstić information content (AvgIpc) is 2.53. The second kappa shape index (κ2) is 5.89. The van der Waals surface area contributed by atoms with Crippen molar-refractivity contribution < 1.29 is 14.6 Å². The van der Waals surface area contributed by atoms with E-state index >= 15 is 0 Å². The molecule has 0 aromatic heterocycles. The molecule has 0 atom stereocenters. The first kappa shape index (κ1) is 14.7. The zero-order chi connectivity index (χ0) is 15.7. The highest BCUT2D eigenvalue weighted by molar-refractivity contribution is 6.33. The van der Waals surface area contributed by atoms with Gasteiger partial charge in [-0.3, -0.25) is 0 Å². The number of hydrogen-bond acceptors (Lipinski definition) is 4. The van der Waals surface area contributed by atoms with Gasteiger partial charge >= 0.3 is 5.97 Å². The molecule has 0 saturated carbocycles. The van der Waals surface area contributed by atoms with Crippen molar-refractivity contribution in [2.75, 3.05) is 18.6 Å². The van der Waals surface area contributed by atoms with Crippen molar-refractivity contribution in [2.24, 2.45) is 0 Å². The lowest BCUT2D eigenvalue weighted by Gasteiger charge is -2.31. The van der Waals surface area contributed by atoms with Crippen molar-refractivity contribution in [3.8, 4) is 5.75 Å². The summed E-state index contributed by atoms with van der Waals surface area (Å²) in [5.41, 5.74) is 3.77. The predicted octanol–water partition coefficient (Wildman–Crippen LogP) is 3.39. The second-order valence-corrected chi connectivity index (χ2v) is 5.69. The van der Waals surface area contributed by atoms with E-state index in [-0.39, 0.29) is 11.7 Å². The summed E-state index contributed by atoms with van der Waals surface area (Å²) in [6.45, 7) is 1.51. The number of carbonyl (C=O) groups excluding carboxylic acids is 1. The first-order valence-corrected chi connectivity index (χ1v) is 7.40. The van der Waals surface area contributed by atoms with Crippen LogP contribution in [0.25, 0.3) is 0 Å². The molecule has 1 N–H and O–H groups in total. The summed E-state index contributed by atoms with van der Waals surface area (Å²) in [6.07, 6.45) is 0.883. The fraction of sp³-hybridized carbons (Fsp3) is 0.235. The molecular weight excluding hydrogens is 302 g/mol. The van der Waals surface area contributed by atoms with Gasteiger partial charge in [-0.05, 0) is 41.8 Å². The SMILES string of the molecule is COC(=O)c1ccc2c(c1)CN(c1ccc(O)cc1Cl)CC2. The fourth-order valence-corrected chi connectivity index (χ4v) is 3.05. The Labute approximate surface area is 133 Å². The first-order valence-electron chi connectivity index (χ1n) is 7.02. The van der Waals surface area contributed by atoms with Crippen LogP contribution in [0.4, 0.5) is 5.69 Å². The van der Waals surface area contributed by atoms with Crippen LogP contribution in [-0.4, -0.2) is 24.7 Å². The van der Waals surface area contributed by atoms with Gasteiger partial charge in [0, 0.05) is 19.2 Å². The van der Waals surface area contributed by atoms with Crippen LogP contribution in [0.2, 0.25) is 5.02 Å². The van der Waals surface area contributed by atoms with Gasteiger partial charge < -0.3 is 14.7 Å². The molecule has 0 fully saturated rings. The maximum absolute atomic E-state index is 11.7. The molecule has 0 amide bonds. The van der Waals surface area contributed by atoms with E-state index in [1.807, 2.05) is 18.2 Å². The molecule has 114 valence electrons. The predicted molar refractivity (Wildman–Crippen MR) is 85.7 cm³/mol. The highest BCUT2D eigenvalue weighted by Crippen LogP contribution is 2.33. The summed E-state index contributed by atoms with van der Waals surface area (Å²) < 4.78 is 4.77. The van der Waals surface area contributed by atoms with Crippen LogP contribution in [0.5, 0.6) is 5.75 Å². The number of ether oxygens (including phenoxy) is 1. The highest BCUT2D eigenvalue weighted by atomic mass is 35.5. The third kappa shape index (κ3) is 2.74. The molecule has 22 heavy (non-hydrogen) atoms. The lowest BCUT2D eigenvalue weighted by atomic mass is 9.97. The van der Waals surface area contributed by atoms with Gasteiger partial charge in [0.05, 0.1) is 23.4 Å². The minimum atomic E-state index is -0.331. The van der Waals surface area contributed by atoms with E-state index in [4.69, 9.17) is 16.3 Å². The number of esters is 1. The minimum absolute atomic E-state index is 0.152. The van der Waals surface area contributed by atoms with Gasteiger partial charge in [0.25, 0.3) is 0 Å². The Balaban J connectivity index is 1.90. The molecule has 0 aliphatic carbocycles. The van der Waals surface area contributed by atoms with E-state index in [0.29, 0.717) is 17.1 Å². The van der Waals surface area contributed by atoms with Crippen LogP contribution < -0.4 is 4.90 Å². The third-order valence-corrected chi connectivity index (χ3v) is 4.21. The Morgan fingerprint density at radius 3 is 2.77 bits per heavy atom. The summed E-state index contributed by atoms with van der Waals surface area (Å²) in [4.78, 5) is 13.8. The summed E-state index contributed by atoms with van der Waals surface area (Å²) in [5.74, 6) is -0.179. The van der Waals surface area contributed by atoms with Gasteiger partial charge in [0.15, 0.2) is 0 Å². The standard InChI is InChI=1S/C17H16ClNO3/c1-22-17(21)12-3-2-11-6-7-19(10-13(11)8-12)16-5-4-14(20)9-15(16)18/h2-5,8-9,20H,6-7,10H2,1H3. The second-order valence-electron chi connectivity index (χ2n) is 5.28. The zero-order valence-electron chi connectivity index (χ0n) is 12.2. The number of anilines is 1. The Bertz CT molecular complexity index is 730. The Morgan fingerprint density at radius 2 is 2.05 bits per heavy atom. The van der Waals surface area contributed by atoms with E-state index in [0.717, 1.165) is 24.2 Å². The van der Waals surface area contributed by atoms with E-state index in [9.17, 15) is 9.90 Å². The number of fused-ring (bicyclic) bond motifs is 1. The molecule has 0 bridgehead atoms. The molecule has 1 aliphatic rings. The summed E-state index contributed by atoms with van der Waals surface area (Å²) in [6, 6.07) is 10.6. The zero-order valence-corrected chi connectivity index (χ0v) is 12.9. The topological polar surface area (TPSA) is 49.8 Å². The van der Waals surface area contributed by atoms with Crippen molar-refractivity contribution in [3.05, 3.63) is 58.1 Å². The molecule has 2 aromatic rings. The third-order valence-electron chi connectivity index (χ3n) is 3.91. The van der Waals surface area contributed by atoms with Crippen molar-refractivity contribution in [3.63, 3.8) is 0 Å². The normalized spacial score (nSPS) is 13.6. The van der Waals surface area contributed by atoms with E-state index in [2.05, 4.69) is 4.90 Å². The molecule has 5 heteroatoms. The van der Waals surface area contributed by atoms with Crippen molar-refractivity contribution in [1.82, 2.24) is 0 Å². The van der Waals surface area contributed by atoms with Crippen LogP contribution in [-0.2, 0) is 17.7 Å². The number of phenolic OH excluding ortho intramolecular Hbond substituents is 1. The van der Waals surface area contributed by atoms with Gasteiger partial charge in [0.1, 0.15) is 5.75 Å². The maximum atomic E-state index is 11.7. The van der Waals surface area contributed by atoms with Crippen LogP contribution in [0.1, 0.15) is 21.5 Å². The highest BCUT2D eigenvalue weighted by Gasteiger charge is 2.20. The van der Waals surface area contributed by atoms with E-state index in [1.165, 1.54) is 18.7 Å². The van der Waals surface area contributed by atoms with Gasteiger partial charge in [-0.25, -0.2) is 4.79 Å². The summed E-state index contributed by atoms with van der Waals surface area (Å²) in [5, 5.41) is 9.98. The smallest absolute Gasteiger partial charge is 0.337 e. The van der Waals surface area contributed by atoms with E-state index in [1.54, 1.807) is 12.1 Å². The molecule has 1 heterocycles. The van der Waals surface area contributed by atoms with E-state index < -0.39 is 0 Å². The Kier molecular flexibility index (Phi) is 3.94. The van der Waals surface area contributed by atoms with Crippen molar-refractivity contribution in [2.45, 2.75) is 13.0 Å². The van der Waals surface area contributed by atoms with Crippen LogP contribution in [0.15, 0.2) is 36.4 Å². The monoisotopic (exact) mass is 317 g/mol. The summed E-state index contributed by atoms with van der Waals surface area (Å²) in [7, 11) is 1.38. The molecule has 2 aromatic carbocycles. The molecule has 0 unspecified atom stereocenters. The number of aromatic hydroxyl groups is 1. The van der Waals surface area contributed by atoms with Crippen molar-refractivity contribution in [1.29, 1.82) is 0 Å². The maximum Gasteiger partial charge on any atom is 0.337 e. The number of hydrogen-bond donors (Lipinski definition) is 1. The molecule has 1 aliphatic heterocycles. The van der Waals surface area contributed by atoms with Gasteiger partial charge in [-0.15, -0.1) is 0 Å². The molecule has 4 nitrogen and oxygen atoms in total. The lowest BCUT2D eigenvalue weighted by Crippen LogP contribution is -2.30. The number of carbonyl (C=O) groups is 1. The number of methoxy groups -OCH3 is 1. The lowest BCUT2D eigenvalue weighted by molar-refractivity contribution is 0.0600. The number of benzene rings is 2. The Hall–Kier alpha value is -2.20. The average molecular weight is 318 g/mol. The molecular formula is C17H16ClNO3. The van der Waals surface area contributed by atoms with Gasteiger partial charge in [-0.2, -0.15) is 0 Å². The first-order chi connectivity index (χ1) is 10.6. The molecule has 0 spiro atoms.